The number of ether oxygens (including phenoxy) is 1. The van der Waals surface area contributed by atoms with Gasteiger partial charge in [-0.25, -0.2) is 0 Å². The summed E-state index contributed by atoms with van der Waals surface area (Å²) in [5, 5.41) is 3.72. The van der Waals surface area contributed by atoms with Crippen LogP contribution in [0.3, 0.4) is 0 Å². The molecule has 4 nitrogen and oxygen atoms in total. The summed E-state index contributed by atoms with van der Waals surface area (Å²) < 4.78 is 5.62. The summed E-state index contributed by atoms with van der Waals surface area (Å²) in [6.45, 7) is 0.582. The van der Waals surface area contributed by atoms with Crippen molar-refractivity contribution in [1.82, 2.24) is 5.32 Å². The molecule has 0 saturated carbocycles. The molecule has 1 heterocycles. The summed E-state index contributed by atoms with van der Waals surface area (Å²) in [5.74, 6) is 0.696. The average molecular weight is 331 g/mol. The smallest absolute Gasteiger partial charge is 0.251 e. The summed E-state index contributed by atoms with van der Waals surface area (Å²) in [6.07, 6.45) is 0.731. The van der Waals surface area contributed by atoms with Gasteiger partial charge in [-0.3, -0.25) is 4.79 Å². The van der Waals surface area contributed by atoms with E-state index in [9.17, 15) is 4.79 Å². The molecule has 1 amide bonds. The van der Waals surface area contributed by atoms with Crippen LogP contribution in [0.15, 0.2) is 42.5 Å². The van der Waals surface area contributed by atoms with Gasteiger partial charge in [-0.05, 0) is 42.5 Å². The lowest BCUT2D eigenvalue weighted by Gasteiger charge is -2.27. The average Bonchev–Trinajstić information content (AvgIpc) is 2.55. The Kier molecular flexibility index (Phi) is 4.44. The molecule has 0 bridgehead atoms. The van der Waals surface area contributed by atoms with Crippen molar-refractivity contribution in [3.8, 4) is 5.75 Å². The summed E-state index contributed by atoms with van der Waals surface area (Å²) in [7, 11) is 3.94. The summed E-state index contributed by atoms with van der Waals surface area (Å²) in [5.41, 5.74) is 2.64. The van der Waals surface area contributed by atoms with Gasteiger partial charge >= 0.3 is 0 Å². The second-order valence-electron chi connectivity index (χ2n) is 5.79. The lowest BCUT2D eigenvalue weighted by atomic mass is 10.00. The van der Waals surface area contributed by atoms with E-state index in [0.29, 0.717) is 17.2 Å². The maximum absolute atomic E-state index is 12.5. The van der Waals surface area contributed by atoms with Crippen LogP contribution in [0.5, 0.6) is 5.75 Å². The van der Waals surface area contributed by atoms with Crippen LogP contribution in [0.1, 0.15) is 28.4 Å². The Balaban J connectivity index is 1.77. The van der Waals surface area contributed by atoms with E-state index in [4.69, 9.17) is 16.3 Å². The van der Waals surface area contributed by atoms with E-state index in [1.54, 1.807) is 6.07 Å². The number of carbonyl (C=O) groups excluding carboxylic acids is 1. The fourth-order valence-corrected chi connectivity index (χ4v) is 2.85. The van der Waals surface area contributed by atoms with Gasteiger partial charge in [0.15, 0.2) is 0 Å². The van der Waals surface area contributed by atoms with Crippen molar-refractivity contribution in [2.24, 2.45) is 0 Å². The Morgan fingerprint density at radius 1 is 1.22 bits per heavy atom. The molecule has 3 rings (SSSR count). The zero-order valence-corrected chi connectivity index (χ0v) is 13.9. The van der Waals surface area contributed by atoms with Crippen LogP contribution < -0.4 is 15.0 Å². The van der Waals surface area contributed by atoms with Crippen molar-refractivity contribution in [3.05, 3.63) is 58.6 Å². The minimum atomic E-state index is -0.0897. The molecule has 0 fully saturated rings. The van der Waals surface area contributed by atoms with Crippen molar-refractivity contribution in [2.45, 2.75) is 12.5 Å². The summed E-state index contributed by atoms with van der Waals surface area (Å²) >= 11 is 6.07. The normalized spacial score (nSPS) is 16.2. The van der Waals surface area contributed by atoms with Gasteiger partial charge in [-0.1, -0.05) is 11.6 Å². The van der Waals surface area contributed by atoms with Crippen molar-refractivity contribution in [2.75, 3.05) is 25.6 Å². The first-order valence-corrected chi connectivity index (χ1v) is 7.93. The van der Waals surface area contributed by atoms with E-state index in [1.165, 1.54) is 0 Å². The fourth-order valence-electron chi connectivity index (χ4n) is 2.67. The molecule has 1 N–H and O–H groups in total. The predicted octanol–water partition coefficient (Wildman–Crippen LogP) is 3.66. The summed E-state index contributed by atoms with van der Waals surface area (Å²) in [4.78, 5) is 14.5. The standard InChI is InChI=1S/C18H19ClN2O2/c1-21(2)14-6-3-12(4-7-14)18(22)20-16-9-10-23-17-8-5-13(19)11-15(16)17/h3-8,11,16H,9-10H2,1-2H3,(H,20,22). The maximum Gasteiger partial charge on any atom is 0.251 e. The van der Waals surface area contributed by atoms with Gasteiger partial charge in [0.1, 0.15) is 5.75 Å². The molecule has 0 spiro atoms. The monoisotopic (exact) mass is 330 g/mol. The maximum atomic E-state index is 12.5. The van der Waals surface area contributed by atoms with Crippen LogP contribution in [0.4, 0.5) is 5.69 Å². The lowest BCUT2D eigenvalue weighted by Crippen LogP contribution is -2.32. The molecular weight excluding hydrogens is 312 g/mol. The Labute approximate surface area is 141 Å². The van der Waals surface area contributed by atoms with Crippen LogP contribution in [-0.4, -0.2) is 26.6 Å². The number of anilines is 1. The van der Waals surface area contributed by atoms with Gasteiger partial charge in [0.05, 0.1) is 12.6 Å². The van der Waals surface area contributed by atoms with Crippen molar-refractivity contribution < 1.29 is 9.53 Å². The second-order valence-corrected chi connectivity index (χ2v) is 6.22. The van der Waals surface area contributed by atoms with Crippen LogP contribution in [0.25, 0.3) is 0 Å². The van der Waals surface area contributed by atoms with E-state index in [1.807, 2.05) is 55.4 Å². The van der Waals surface area contributed by atoms with Gasteiger partial charge in [0, 0.05) is 42.4 Å². The highest BCUT2D eigenvalue weighted by Crippen LogP contribution is 2.34. The first-order chi connectivity index (χ1) is 11.0. The molecule has 1 aliphatic rings. The largest absolute Gasteiger partial charge is 0.493 e. The Morgan fingerprint density at radius 2 is 1.96 bits per heavy atom. The SMILES string of the molecule is CN(C)c1ccc(C(=O)NC2CCOc3ccc(Cl)cc32)cc1. The van der Waals surface area contributed by atoms with E-state index >= 15 is 0 Å². The molecule has 5 heteroatoms. The molecule has 120 valence electrons. The minimum absolute atomic E-state index is 0.0847. The number of benzene rings is 2. The molecule has 2 aromatic carbocycles. The number of carbonyl (C=O) groups is 1. The number of nitrogens with one attached hydrogen (secondary N) is 1. The first-order valence-electron chi connectivity index (χ1n) is 7.55. The molecule has 0 saturated heterocycles. The number of rotatable bonds is 3. The van der Waals surface area contributed by atoms with Crippen LogP contribution in [0.2, 0.25) is 5.02 Å². The van der Waals surface area contributed by atoms with E-state index in [-0.39, 0.29) is 11.9 Å². The van der Waals surface area contributed by atoms with Crippen molar-refractivity contribution >= 4 is 23.2 Å². The van der Waals surface area contributed by atoms with Crippen LogP contribution in [-0.2, 0) is 0 Å². The lowest BCUT2D eigenvalue weighted by molar-refractivity contribution is 0.0925. The van der Waals surface area contributed by atoms with E-state index in [0.717, 1.165) is 23.4 Å². The molecule has 1 atom stereocenters. The van der Waals surface area contributed by atoms with Gasteiger partial charge < -0.3 is 15.0 Å². The fraction of sp³-hybridized carbons (Fsp3) is 0.278. The summed E-state index contributed by atoms with van der Waals surface area (Å²) in [6, 6.07) is 13.0. The third-order valence-corrected chi connectivity index (χ3v) is 4.20. The molecule has 0 aromatic heterocycles. The first kappa shape index (κ1) is 15.7. The van der Waals surface area contributed by atoms with Gasteiger partial charge in [-0.2, -0.15) is 0 Å². The van der Waals surface area contributed by atoms with Crippen molar-refractivity contribution in [3.63, 3.8) is 0 Å². The van der Waals surface area contributed by atoms with E-state index < -0.39 is 0 Å². The van der Waals surface area contributed by atoms with Gasteiger partial charge in [0.2, 0.25) is 0 Å². The number of amides is 1. The molecule has 0 aliphatic carbocycles. The highest BCUT2D eigenvalue weighted by molar-refractivity contribution is 6.30. The second kappa shape index (κ2) is 6.50. The highest BCUT2D eigenvalue weighted by atomic mass is 35.5. The molecule has 0 radical (unpaired) electrons. The number of hydrogen-bond donors (Lipinski definition) is 1. The minimum Gasteiger partial charge on any atom is -0.493 e. The predicted molar refractivity (Wildman–Crippen MR) is 92.5 cm³/mol. The Bertz CT molecular complexity index is 713. The zero-order chi connectivity index (χ0) is 16.4. The van der Waals surface area contributed by atoms with Gasteiger partial charge in [0.25, 0.3) is 5.91 Å². The molecular formula is C18H19ClN2O2. The van der Waals surface area contributed by atoms with Crippen LogP contribution >= 0.6 is 11.6 Å². The van der Waals surface area contributed by atoms with Gasteiger partial charge in [-0.15, -0.1) is 0 Å². The third-order valence-electron chi connectivity index (χ3n) is 3.96. The number of halogens is 1. The number of fused-ring (bicyclic) bond motifs is 1. The quantitative estimate of drug-likeness (QED) is 0.933. The Hall–Kier alpha value is -2.20. The number of hydrogen-bond acceptors (Lipinski definition) is 3. The third kappa shape index (κ3) is 3.42. The Morgan fingerprint density at radius 3 is 2.65 bits per heavy atom. The van der Waals surface area contributed by atoms with Crippen molar-refractivity contribution in [1.29, 1.82) is 0 Å². The molecule has 1 aliphatic heterocycles. The van der Waals surface area contributed by atoms with E-state index in [2.05, 4.69) is 5.32 Å². The highest BCUT2D eigenvalue weighted by Gasteiger charge is 2.23. The molecule has 23 heavy (non-hydrogen) atoms. The zero-order valence-electron chi connectivity index (χ0n) is 13.2. The topological polar surface area (TPSA) is 41.6 Å². The number of nitrogens with zero attached hydrogens (tertiary/aromatic N) is 1. The molecule has 2 aromatic rings. The van der Waals surface area contributed by atoms with Crippen LogP contribution in [0, 0.1) is 0 Å². The molecule has 1 unspecified atom stereocenters.